The topological polar surface area (TPSA) is 148 Å². The van der Waals surface area contributed by atoms with E-state index in [4.69, 9.17) is 13.9 Å². The zero-order valence-corrected chi connectivity index (χ0v) is 19.4. The molecule has 0 aliphatic heterocycles. The van der Waals surface area contributed by atoms with Gasteiger partial charge in [-0.05, 0) is 73.2 Å². The lowest BCUT2D eigenvalue weighted by atomic mass is 10.2. The van der Waals surface area contributed by atoms with Crippen molar-refractivity contribution in [1.82, 2.24) is 10.7 Å². The van der Waals surface area contributed by atoms with Crippen LogP contribution in [-0.2, 0) is 25.7 Å². The molecule has 0 atom stereocenters. The number of hydrogen-bond acceptors (Lipinski definition) is 8. The van der Waals surface area contributed by atoms with Gasteiger partial charge < -0.3 is 24.5 Å². The number of nitrogens with one attached hydrogen (secondary N) is 3. The molecule has 0 saturated heterocycles. The minimum absolute atomic E-state index is 0.162. The van der Waals surface area contributed by atoms with Crippen LogP contribution in [-0.4, -0.2) is 43.1 Å². The minimum atomic E-state index is -0.971. The maximum atomic E-state index is 12.0. The Labute approximate surface area is 206 Å². The van der Waals surface area contributed by atoms with Crippen LogP contribution in [0.4, 0.5) is 5.69 Å². The van der Waals surface area contributed by atoms with E-state index in [0.717, 1.165) is 0 Å². The number of anilines is 1. The standard InChI is InChI=1S/C25H24N4O7/c1-2-34-25(33)18-7-9-19(10-8-18)28-23(31)24(32)29-27-14-17-5-11-20(12-6-17)36-16-22(30)26-15-21-4-3-13-35-21/h3-14H,2,15-16H2,1H3,(H,26,30)(H,28,31)(H,29,32)/b27-14-. The van der Waals surface area contributed by atoms with Gasteiger partial charge in [0.25, 0.3) is 5.91 Å². The summed E-state index contributed by atoms with van der Waals surface area (Å²) < 4.78 is 15.4. The molecule has 186 valence electrons. The zero-order valence-electron chi connectivity index (χ0n) is 19.4. The van der Waals surface area contributed by atoms with Gasteiger partial charge in [0.2, 0.25) is 0 Å². The maximum absolute atomic E-state index is 12.0. The number of hydrazone groups is 1. The van der Waals surface area contributed by atoms with Crippen LogP contribution in [0.25, 0.3) is 0 Å². The summed E-state index contributed by atoms with van der Waals surface area (Å²) in [5.74, 6) is -1.56. The third-order valence-electron chi connectivity index (χ3n) is 4.53. The molecular formula is C25H24N4O7. The number of rotatable bonds is 10. The van der Waals surface area contributed by atoms with Gasteiger partial charge in [-0.3, -0.25) is 14.4 Å². The summed E-state index contributed by atoms with van der Waals surface area (Å²) in [7, 11) is 0. The van der Waals surface area contributed by atoms with Crippen molar-refractivity contribution in [2.75, 3.05) is 18.5 Å². The molecule has 0 saturated carbocycles. The first-order valence-corrected chi connectivity index (χ1v) is 10.9. The second kappa shape index (κ2) is 13.1. The van der Waals surface area contributed by atoms with E-state index in [0.29, 0.717) is 28.3 Å². The minimum Gasteiger partial charge on any atom is -0.484 e. The van der Waals surface area contributed by atoms with Crippen LogP contribution in [0.3, 0.4) is 0 Å². The van der Waals surface area contributed by atoms with Gasteiger partial charge >= 0.3 is 17.8 Å². The Morgan fingerprint density at radius 1 is 0.972 bits per heavy atom. The van der Waals surface area contributed by atoms with Crippen LogP contribution in [0, 0.1) is 0 Å². The molecule has 36 heavy (non-hydrogen) atoms. The van der Waals surface area contributed by atoms with Crippen LogP contribution in [0.1, 0.15) is 28.6 Å². The molecule has 1 heterocycles. The number of amides is 3. The van der Waals surface area contributed by atoms with Crippen molar-refractivity contribution in [3.05, 3.63) is 83.8 Å². The molecule has 3 rings (SSSR count). The van der Waals surface area contributed by atoms with Gasteiger partial charge in [-0.2, -0.15) is 5.10 Å². The molecule has 0 aliphatic rings. The molecule has 11 nitrogen and oxygen atoms in total. The van der Waals surface area contributed by atoms with Crippen molar-refractivity contribution in [2.45, 2.75) is 13.5 Å². The lowest BCUT2D eigenvalue weighted by Crippen LogP contribution is -2.32. The lowest BCUT2D eigenvalue weighted by Gasteiger charge is -2.07. The molecule has 3 N–H and O–H groups in total. The summed E-state index contributed by atoms with van der Waals surface area (Å²) in [6.45, 7) is 2.06. The molecule has 0 bridgehead atoms. The number of furan rings is 1. The highest BCUT2D eigenvalue weighted by atomic mass is 16.5. The molecule has 11 heteroatoms. The fraction of sp³-hybridized carbons (Fsp3) is 0.160. The predicted octanol–water partition coefficient (Wildman–Crippen LogP) is 2.24. The van der Waals surface area contributed by atoms with E-state index >= 15 is 0 Å². The average molecular weight is 492 g/mol. The van der Waals surface area contributed by atoms with Gasteiger partial charge in [0, 0.05) is 5.69 Å². The van der Waals surface area contributed by atoms with Gasteiger partial charge in [-0.1, -0.05) is 0 Å². The number of esters is 1. The third-order valence-corrected chi connectivity index (χ3v) is 4.53. The molecule has 0 spiro atoms. The van der Waals surface area contributed by atoms with Gasteiger partial charge in [-0.15, -0.1) is 0 Å². The fourth-order valence-corrected chi connectivity index (χ4v) is 2.76. The summed E-state index contributed by atoms with van der Waals surface area (Å²) in [4.78, 5) is 47.4. The molecule has 3 amide bonds. The first-order chi connectivity index (χ1) is 17.4. The first kappa shape index (κ1) is 25.7. The number of carbonyl (C=O) groups is 4. The molecular weight excluding hydrogens is 468 g/mol. The van der Waals surface area contributed by atoms with Crippen LogP contribution in [0.15, 0.2) is 76.4 Å². The quantitative estimate of drug-likeness (QED) is 0.170. The van der Waals surface area contributed by atoms with E-state index < -0.39 is 17.8 Å². The summed E-state index contributed by atoms with van der Waals surface area (Å²) in [6, 6.07) is 16.0. The van der Waals surface area contributed by atoms with Crippen LogP contribution < -0.4 is 20.8 Å². The highest BCUT2D eigenvalue weighted by molar-refractivity contribution is 6.39. The molecule has 2 aromatic carbocycles. The Kier molecular flexibility index (Phi) is 9.34. The second-order valence-corrected chi connectivity index (χ2v) is 7.16. The number of nitrogens with zero attached hydrogens (tertiary/aromatic N) is 1. The van der Waals surface area contributed by atoms with Crippen LogP contribution in [0.5, 0.6) is 5.75 Å². The summed E-state index contributed by atoms with van der Waals surface area (Å²) in [5.41, 5.74) is 3.41. The average Bonchev–Trinajstić information content (AvgIpc) is 3.41. The van der Waals surface area contributed by atoms with Gasteiger partial charge in [0.15, 0.2) is 6.61 Å². The highest BCUT2D eigenvalue weighted by Crippen LogP contribution is 2.12. The molecule has 0 fully saturated rings. The van der Waals surface area contributed by atoms with E-state index in [1.54, 1.807) is 43.3 Å². The normalized spacial score (nSPS) is 10.5. The van der Waals surface area contributed by atoms with Gasteiger partial charge in [-0.25, -0.2) is 10.2 Å². The summed E-state index contributed by atoms with van der Waals surface area (Å²) in [6.07, 6.45) is 2.87. The van der Waals surface area contributed by atoms with E-state index in [-0.39, 0.29) is 25.7 Å². The number of benzene rings is 2. The molecule has 0 radical (unpaired) electrons. The van der Waals surface area contributed by atoms with Crippen molar-refractivity contribution >= 4 is 35.6 Å². The molecule has 3 aromatic rings. The highest BCUT2D eigenvalue weighted by Gasteiger charge is 2.13. The Morgan fingerprint density at radius 2 is 1.72 bits per heavy atom. The van der Waals surface area contributed by atoms with E-state index in [1.807, 2.05) is 0 Å². The Morgan fingerprint density at radius 3 is 2.39 bits per heavy atom. The molecule has 1 aromatic heterocycles. The Bertz CT molecular complexity index is 1200. The van der Waals surface area contributed by atoms with Crippen molar-refractivity contribution in [2.24, 2.45) is 5.10 Å². The monoisotopic (exact) mass is 492 g/mol. The zero-order chi connectivity index (χ0) is 25.8. The molecule has 0 aliphatic carbocycles. The summed E-state index contributed by atoms with van der Waals surface area (Å²) >= 11 is 0. The van der Waals surface area contributed by atoms with Gasteiger partial charge in [0.05, 0.1) is 31.2 Å². The Hall–Kier alpha value is -4.93. The second-order valence-electron chi connectivity index (χ2n) is 7.16. The van der Waals surface area contributed by atoms with E-state index in [2.05, 4.69) is 21.2 Å². The van der Waals surface area contributed by atoms with Crippen molar-refractivity contribution < 1.29 is 33.1 Å². The van der Waals surface area contributed by atoms with E-state index in [1.165, 1.54) is 36.7 Å². The maximum Gasteiger partial charge on any atom is 0.338 e. The smallest absolute Gasteiger partial charge is 0.338 e. The van der Waals surface area contributed by atoms with Crippen molar-refractivity contribution in [3.63, 3.8) is 0 Å². The SMILES string of the molecule is CCOC(=O)c1ccc(NC(=O)C(=O)N/N=C\c2ccc(OCC(=O)NCc3ccco3)cc2)cc1. The fourth-order valence-electron chi connectivity index (χ4n) is 2.76. The third kappa shape index (κ3) is 8.13. The van der Waals surface area contributed by atoms with Gasteiger partial charge in [0.1, 0.15) is 11.5 Å². The van der Waals surface area contributed by atoms with Crippen molar-refractivity contribution in [1.29, 1.82) is 0 Å². The lowest BCUT2D eigenvalue weighted by molar-refractivity contribution is -0.136. The number of carbonyl (C=O) groups excluding carboxylic acids is 4. The van der Waals surface area contributed by atoms with Crippen LogP contribution >= 0.6 is 0 Å². The van der Waals surface area contributed by atoms with E-state index in [9.17, 15) is 19.2 Å². The number of ether oxygens (including phenoxy) is 2. The molecule has 0 unspecified atom stereocenters. The Balaban J connectivity index is 1.39. The first-order valence-electron chi connectivity index (χ1n) is 10.9. The predicted molar refractivity (Wildman–Crippen MR) is 129 cm³/mol. The largest absolute Gasteiger partial charge is 0.484 e. The number of hydrogen-bond donors (Lipinski definition) is 3. The van der Waals surface area contributed by atoms with Crippen LogP contribution in [0.2, 0.25) is 0 Å². The summed E-state index contributed by atoms with van der Waals surface area (Å²) in [5, 5.41) is 8.83. The van der Waals surface area contributed by atoms with Crippen molar-refractivity contribution in [3.8, 4) is 5.75 Å².